The number of ether oxygens (including phenoxy) is 1. The average Bonchev–Trinajstić information content (AvgIpc) is 3.13. The molecule has 150 valence electrons. The fraction of sp³-hybridized carbons (Fsp3) is 0.231. The molecule has 0 fully saturated rings. The van der Waals surface area contributed by atoms with E-state index < -0.39 is 0 Å². The van der Waals surface area contributed by atoms with Crippen LogP contribution in [0.5, 0.6) is 6.01 Å². The van der Waals surface area contributed by atoms with Crippen LogP contribution in [-0.2, 0) is 6.54 Å². The van der Waals surface area contributed by atoms with Gasteiger partial charge in [-0.05, 0) is 47.7 Å². The smallest absolute Gasteiger partial charge is 0.297 e. The minimum atomic E-state index is 0.669. The van der Waals surface area contributed by atoms with Gasteiger partial charge in [-0.2, -0.15) is 10.2 Å². The Morgan fingerprint density at radius 2 is 1.80 bits per heavy atom. The fourth-order valence-electron chi connectivity index (χ4n) is 3.64. The van der Waals surface area contributed by atoms with Crippen molar-refractivity contribution in [2.24, 2.45) is 0 Å². The summed E-state index contributed by atoms with van der Waals surface area (Å²) in [5.74, 6) is 0. The summed E-state index contributed by atoms with van der Waals surface area (Å²) in [5, 5.41) is 9.37. The quantitative estimate of drug-likeness (QED) is 0.355. The molecule has 0 amide bonds. The van der Waals surface area contributed by atoms with Crippen molar-refractivity contribution in [1.82, 2.24) is 9.55 Å². The number of aromatic nitrogens is 2. The van der Waals surface area contributed by atoms with Gasteiger partial charge in [0.05, 0.1) is 35.8 Å². The number of fused-ring (bicyclic) bond motifs is 1. The lowest BCUT2D eigenvalue weighted by Crippen LogP contribution is -2.06. The lowest BCUT2D eigenvalue weighted by Gasteiger charge is -2.11. The summed E-state index contributed by atoms with van der Waals surface area (Å²) >= 11 is 0. The van der Waals surface area contributed by atoms with Gasteiger partial charge in [0.15, 0.2) is 0 Å². The van der Waals surface area contributed by atoms with Crippen molar-refractivity contribution in [2.45, 2.75) is 33.2 Å². The number of aryl methyl sites for hydroxylation is 1. The van der Waals surface area contributed by atoms with E-state index in [2.05, 4.69) is 66.9 Å². The minimum Gasteiger partial charge on any atom is -0.465 e. The third-order valence-electron chi connectivity index (χ3n) is 5.33. The molecule has 0 bridgehead atoms. The highest BCUT2D eigenvalue weighted by atomic mass is 16.5. The summed E-state index contributed by atoms with van der Waals surface area (Å²) in [6.45, 7) is 5.59. The highest BCUT2D eigenvalue weighted by Gasteiger charge is 2.14. The molecule has 3 aromatic carbocycles. The van der Waals surface area contributed by atoms with Crippen LogP contribution < -0.4 is 4.74 Å². The van der Waals surface area contributed by atoms with Crippen LogP contribution in [0.1, 0.15) is 36.5 Å². The number of hydrogen-bond acceptors (Lipinski definition) is 3. The molecule has 0 N–H and O–H groups in total. The minimum absolute atomic E-state index is 0.669. The van der Waals surface area contributed by atoms with Gasteiger partial charge in [0.25, 0.3) is 6.01 Å². The summed E-state index contributed by atoms with van der Waals surface area (Å²) in [5.41, 5.74) is 7.07. The van der Waals surface area contributed by atoms with E-state index in [1.54, 1.807) is 0 Å². The maximum absolute atomic E-state index is 9.37. The number of unbranched alkanes of at least 4 members (excludes halogenated alkanes) is 1. The molecule has 0 aliphatic heterocycles. The van der Waals surface area contributed by atoms with Gasteiger partial charge < -0.3 is 4.74 Å². The average molecular weight is 396 g/mol. The van der Waals surface area contributed by atoms with Gasteiger partial charge in [-0.25, -0.2) is 0 Å². The van der Waals surface area contributed by atoms with Crippen LogP contribution >= 0.6 is 0 Å². The number of nitriles is 1. The fourth-order valence-corrected chi connectivity index (χ4v) is 3.64. The lowest BCUT2D eigenvalue weighted by atomic mass is 9.99. The highest BCUT2D eigenvalue weighted by molar-refractivity contribution is 5.80. The maximum Gasteiger partial charge on any atom is 0.297 e. The first-order chi connectivity index (χ1) is 14.7. The SMILES string of the molecule is CCCCOc1nc2c(C)cccc2n1Cc1ccc(-c2ccccc2C#N)cc1. The molecule has 0 saturated carbocycles. The van der Waals surface area contributed by atoms with Crippen molar-refractivity contribution in [2.75, 3.05) is 6.61 Å². The Labute approximate surface area is 177 Å². The molecule has 0 aliphatic rings. The van der Waals surface area contributed by atoms with Gasteiger partial charge in [-0.15, -0.1) is 0 Å². The second-order valence-electron chi connectivity index (χ2n) is 7.48. The summed E-state index contributed by atoms with van der Waals surface area (Å²) in [6.07, 6.45) is 2.10. The summed E-state index contributed by atoms with van der Waals surface area (Å²) < 4.78 is 8.18. The van der Waals surface area contributed by atoms with Crippen molar-refractivity contribution in [3.63, 3.8) is 0 Å². The number of benzene rings is 3. The predicted molar refractivity (Wildman–Crippen MR) is 121 cm³/mol. The van der Waals surface area contributed by atoms with E-state index >= 15 is 0 Å². The van der Waals surface area contributed by atoms with Gasteiger partial charge in [0.1, 0.15) is 0 Å². The molecule has 1 heterocycles. The molecule has 1 aromatic heterocycles. The zero-order chi connectivity index (χ0) is 20.9. The van der Waals surface area contributed by atoms with E-state index in [-0.39, 0.29) is 0 Å². The van der Waals surface area contributed by atoms with E-state index in [4.69, 9.17) is 9.72 Å². The van der Waals surface area contributed by atoms with Crippen LogP contribution in [0.2, 0.25) is 0 Å². The van der Waals surface area contributed by atoms with Crippen molar-refractivity contribution in [1.29, 1.82) is 5.26 Å². The summed E-state index contributed by atoms with van der Waals surface area (Å²) in [4.78, 5) is 4.77. The Morgan fingerprint density at radius 1 is 1.00 bits per heavy atom. The van der Waals surface area contributed by atoms with Crippen molar-refractivity contribution >= 4 is 11.0 Å². The molecule has 0 atom stereocenters. The van der Waals surface area contributed by atoms with Crippen LogP contribution in [0.4, 0.5) is 0 Å². The summed E-state index contributed by atoms with van der Waals surface area (Å²) in [6, 6.07) is 25.3. The molecule has 0 unspecified atom stereocenters. The molecule has 0 radical (unpaired) electrons. The Balaban J connectivity index is 1.66. The molecular weight excluding hydrogens is 370 g/mol. The van der Waals surface area contributed by atoms with Crippen molar-refractivity contribution in [3.8, 4) is 23.2 Å². The van der Waals surface area contributed by atoms with Gasteiger partial charge in [0, 0.05) is 0 Å². The third-order valence-corrected chi connectivity index (χ3v) is 5.33. The molecule has 4 aromatic rings. The zero-order valence-corrected chi connectivity index (χ0v) is 17.4. The highest BCUT2D eigenvalue weighted by Crippen LogP contribution is 2.27. The van der Waals surface area contributed by atoms with Crippen LogP contribution in [-0.4, -0.2) is 16.2 Å². The first-order valence-electron chi connectivity index (χ1n) is 10.4. The van der Waals surface area contributed by atoms with E-state index in [0.717, 1.165) is 46.1 Å². The molecule has 4 rings (SSSR count). The normalized spacial score (nSPS) is 10.8. The number of hydrogen-bond donors (Lipinski definition) is 0. The topological polar surface area (TPSA) is 50.8 Å². The second-order valence-corrected chi connectivity index (χ2v) is 7.48. The number of imidazole rings is 1. The molecule has 4 nitrogen and oxygen atoms in total. The maximum atomic E-state index is 9.37. The zero-order valence-electron chi connectivity index (χ0n) is 17.4. The lowest BCUT2D eigenvalue weighted by molar-refractivity contribution is 0.275. The Bertz CT molecular complexity index is 1200. The summed E-state index contributed by atoms with van der Waals surface area (Å²) in [7, 11) is 0. The predicted octanol–water partition coefficient (Wildman–Crippen LogP) is 6.11. The van der Waals surface area contributed by atoms with E-state index in [1.807, 2.05) is 24.3 Å². The Morgan fingerprint density at radius 3 is 2.57 bits per heavy atom. The van der Waals surface area contributed by atoms with E-state index in [1.165, 1.54) is 0 Å². The molecular formula is C26H25N3O. The van der Waals surface area contributed by atoms with Crippen LogP contribution in [0.3, 0.4) is 0 Å². The third kappa shape index (κ3) is 3.92. The van der Waals surface area contributed by atoms with Gasteiger partial charge in [-0.3, -0.25) is 4.57 Å². The van der Waals surface area contributed by atoms with E-state index in [0.29, 0.717) is 24.7 Å². The monoisotopic (exact) mass is 395 g/mol. The Kier molecular flexibility index (Phi) is 5.81. The van der Waals surface area contributed by atoms with Gasteiger partial charge in [-0.1, -0.05) is 67.9 Å². The van der Waals surface area contributed by atoms with Crippen molar-refractivity contribution < 1.29 is 4.74 Å². The molecule has 0 saturated heterocycles. The molecule has 4 heteroatoms. The van der Waals surface area contributed by atoms with Gasteiger partial charge >= 0.3 is 0 Å². The Hall–Kier alpha value is -3.58. The largest absolute Gasteiger partial charge is 0.465 e. The first kappa shape index (κ1) is 19.7. The molecule has 30 heavy (non-hydrogen) atoms. The van der Waals surface area contributed by atoms with E-state index in [9.17, 15) is 5.26 Å². The number of para-hydroxylation sites is 1. The van der Waals surface area contributed by atoms with Crippen LogP contribution in [0.15, 0.2) is 66.7 Å². The van der Waals surface area contributed by atoms with Crippen molar-refractivity contribution in [3.05, 3.63) is 83.4 Å². The van der Waals surface area contributed by atoms with Crippen LogP contribution in [0, 0.1) is 18.3 Å². The first-order valence-corrected chi connectivity index (χ1v) is 10.4. The number of rotatable bonds is 7. The standard InChI is InChI=1S/C26H25N3O/c1-3-4-16-30-26-28-25-19(2)8-7-11-24(25)29(26)18-20-12-14-21(15-13-20)23-10-6-5-9-22(23)17-27/h5-15H,3-4,16,18H2,1-2H3. The van der Waals surface area contributed by atoms with Gasteiger partial charge in [0.2, 0.25) is 0 Å². The van der Waals surface area contributed by atoms with Crippen LogP contribution in [0.25, 0.3) is 22.2 Å². The number of nitrogens with zero attached hydrogens (tertiary/aromatic N) is 3. The second kappa shape index (κ2) is 8.84. The molecule has 0 spiro atoms. The molecule has 0 aliphatic carbocycles.